The molecule has 9 heteroatoms. The minimum atomic E-state index is -3.66. The lowest BCUT2D eigenvalue weighted by atomic mass is 10.1. The van der Waals surface area contributed by atoms with Gasteiger partial charge >= 0.3 is 0 Å². The quantitative estimate of drug-likeness (QED) is 0.519. The molecule has 0 saturated heterocycles. The van der Waals surface area contributed by atoms with Gasteiger partial charge in [0.1, 0.15) is 18.5 Å². The molecule has 1 aliphatic heterocycles. The van der Waals surface area contributed by atoms with Gasteiger partial charge in [-0.1, -0.05) is 48.5 Å². The van der Waals surface area contributed by atoms with Crippen molar-refractivity contribution in [2.45, 2.75) is 31.0 Å². The molecule has 35 heavy (non-hydrogen) atoms. The van der Waals surface area contributed by atoms with E-state index in [0.717, 1.165) is 11.1 Å². The molecule has 8 nitrogen and oxygen atoms in total. The van der Waals surface area contributed by atoms with Gasteiger partial charge in [-0.15, -0.1) is 0 Å². The minimum absolute atomic E-state index is 0.161. The van der Waals surface area contributed by atoms with Crippen molar-refractivity contribution >= 4 is 21.8 Å². The van der Waals surface area contributed by atoms with E-state index in [1.54, 1.807) is 44.2 Å². The molecular weight excluding hydrogens is 466 g/mol. The fourth-order valence-electron chi connectivity index (χ4n) is 3.81. The molecule has 0 saturated carbocycles. The highest BCUT2D eigenvalue weighted by atomic mass is 32.2. The average Bonchev–Trinajstić information content (AvgIpc) is 3.12. The molecule has 182 valence electrons. The number of benzene rings is 3. The van der Waals surface area contributed by atoms with E-state index in [0.29, 0.717) is 30.2 Å². The number of hydrogen-bond donors (Lipinski definition) is 1. The van der Waals surface area contributed by atoms with E-state index in [1.807, 2.05) is 48.5 Å². The molecular formula is C26H27N3O5S. The first-order valence-corrected chi connectivity index (χ1v) is 12.6. The number of fused-ring (bicyclic) bond motifs is 1. The number of aliphatic imine (C=N–C) groups is 1. The highest BCUT2D eigenvalue weighted by Crippen LogP contribution is 2.29. The first kappa shape index (κ1) is 24.3. The van der Waals surface area contributed by atoms with Gasteiger partial charge < -0.3 is 14.4 Å². The number of hydrogen-bond acceptors (Lipinski definition) is 6. The number of rotatable bonds is 8. The Labute approximate surface area is 205 Å². The zero-order valence-corrected chi connectivity index (χ0v) is 20.6. The minimum Gasteiger partial charge on any atom is -0.493 e. The number of sulfonamides is 1. The second kappa shape index (κ2) is 10.2. The molecule has 0 aliphatic carbocycles. The summed E-state index contributed by atoms with van der Waals surface area (Å²) in [7, 11) is -0.411. The van der Waals surface area contributed by atoms with Crippen LogP contribution in [-0.2, 0) is 28.0 Å². The number of amidine groups is 1. The number of amides is 1. The normalized spacial score (nSPS) is 15.7. The average molecular weight is 494 g/mol. The number of likely N-dealkylation sites (N-methyl/N-ethyl adjacent to an activating group) is 1. The van der Waals surface area contributed by atoms with Gasteiger partial charge in [-0.3, -0.25) is 14.5 Å². The highest BCUT2D eigenvalue weighted by Gasteiger charge is 2.31. The van der Waals surface area contributed by atoms with Crippen molar-refractivity contribution in [1.82, 2.24) is 9.62 Å². The molecule has 1 amide bonds. The summed E-state index contributed by atoms with van der Waals surface area (Å²) in [5.41, 5.74) is 2.37. The fourth-order valence-corrected chi connectivity index (χ4v) is 5.05. The van der Waals surface area contributed by atoms with E-state index >= 15 is 0 Å². The standard InChI is InChI=1S/C26H27N3O5S/c1-18(27-25-21-11-7-8-12-24(21)35(31,32)28-25)26(30)29(2)16-20-13-14-22(23(15-20)33-3)34-17-19-9-5-4-6-10-19/h4-15,18H,16-17H2,1-3H3,(H,27,28)/t18-/m0/s1. The summed E-state index contributed by atoms with van der Waals surface area (Å²) in [4.78, 5) is 19.0. The van der Waals surface area contributed by atoms with Crippen molar-refractivity contribution in [3.63, 3.8) is 0 Å². The maximum atomic E-state index is 13.0. The zero-order chi connectivity index (χ0) is 25.0. The molecule has 1 heterocycles. The van der Waals surface area contributed by atoms with E-state index in [4.69, 9.17) is 9.47 Å². The predicted molar refractivity (Wildman–Crippen MR) is 133 cm³/mol. The Kier molecular flexibility index (Phi) is 7.07. The van der Waals surface area contributed by atoms with Crippen LogP contribution in [0.1, 0.15) is 23.6 Å². The smallest absolute Gasteiger partial charge is 0.263 e. The lowest BCUT2D eigenvalue weighted by Crippen LogP contribution is -2.35. The molecule has 0 bridgehead atoms. The van der Waals surface area contributed by atoms with Crippen molar-refractivity contribution in [1.29, 1.82) is 0 Å². The Morgan fingerprint density at radius 2 is 1.71 bits per heavy atom. The van der Waals surface area contributed by atoms with Crippen LogP contribution in [0.4, 0.5) is 0 Å². The van der Waals surface area contributed by atoms with Gasteiger partial charge in [-0.2, -0.15) is 0 Å². The van der Waals surface area contributed by atoms with E-state index in [-0.39, 0.29) is 16.6 Å². The molecule has 0 spiro atoms. The summed E-state index contributed by atoms with van der Waals surface area (Å²) in [6, 6.07) is 21.2. The summed E-state index contributed by atoms with van der Waals surface area (Å²) >= 11 is 0. The fraction of sp³-hybridized carbons (Fsp3) is 0.231. The number of nitrogens with zero attached hydrogens (tertiary/aromatic N) is 2. The van der Waals surface area contributed by atoms with Crippen LogP contribution in [-0.4, -0.2) is 45.3 Å². The monoisotopic (exact) mass is 493 g/mol. The third-order valence-electron chi connectivity index (χ3n) is 5.60. The largest absolute Gasteiger partial charge is 0.493 e. The van der Waals surface area contributed by atoms with Gasteiger partial charge in [0.15, 0.2) is 11.5 Å². The van der Waals surface area contributed by atoms with Crippen LogP contribution in [0.15, 0.2) is 82.7 Å². The molecule has 0 fully saturated rings. The van der Waals surface area contributed by atoms with Gasteiger partial charge in [-0.25, -0.2) is 8.42 Å². The summed E-state index contributed by atoms with van der Waals surface area (Å²) in [5.74, 6) is 1.12. The summed E-state index contributed by atoms with van der Waals surface area (Å²) in [6.07, 6.45) is 0. The molecule has 4 rings (SSSR count). The van der Waals surface area contributed by atoms with Crippen LogP contribution in [0, 0.1) is 0 Å². The summed E-state index contributed by atoms with van der Waals surface area (Å²) in [5, 5.41) is 0. The Balaban J connectivity index is 1.43. The summed E-state index contributed by atoms with van der Waals surface area (Å²) < 4.78 is 38.4. The molecule has 3 aromatic rings. The number of ether oxygens (including phenoxy) is 2. The molecule has 1 N–H and O–H groups in total. The van der Waals surface area contributed by atoms with E-state index < -0.39 is 16.1 Å². The Hall–Kier alpha value is -3.85. The lowest BCUT2D eigenvalue weighted by molar-refractivity contribution is -0.131. The van der Waals surface area contributed by atoms with Gasteiger partial charge in [-0.05, 0) is 42.3 Å². The van der Waals surface area contributed by atoms with Crippen LogP contribution in [0.2, 0.25) is 0 Å². The first-order valence-electron chi connectivity index (χ1n) is 11.1. The van der Waals surface area contributed by atoms with Crippen molar-refractivity contribution in [2.75, 3.05) is 14.2 Å². The van der Waals surface area contributed by atoms with Crippen molar-refractivity contribution in [2.24, 2.45) is 4.99 Å². The second-order valence-electron chi connectivity index (χ2n) is 8.21. The van der Waals surface area contributed by atoms with Crippen LogP contribution >= 0.6 is 0 Å². The van der Waals surface area contributed by atoms with Gasteiger partial charge in [0.05, 0.1) is 12.0 Å². The number of methoxy groups -OCH3 is 1. The van der Waals surface area contributed by atoms with E-state index in [1.165, 1.54) is 6.07 Å². The Bertz CT molecular complexity index is 1360. The van der Waals surface area contributed by atoms with Gasteiger partial charge in [0.25, 0.3) is 10.0 Å². The maximum Gasteiger partial charge on any atom is 0.263 e. The van der Waals surface area contributed by atoms with Crippen LogP contribution in [0.5, 0.6) is 11.5 Å². The van der Waals surface area contributed by atoms with Crippen molar-refractivity contribution < 1.29 is 22.7 Å². The Morgan fingerprint density at radius 3 is 2.46 bits per heavy atom. The number of carbonyl (C=O) groups excluding carboxylic acids is 1. The van der Waals surface area contributed by atoms with Gasteiger partial charge in [0.2, 0.25) is 5.91 Å². The first-order chi connectivity index (χ1) is 16.8. The number of carbonyl (C=O) groups is 1. The third-order valence-corrected chi connectivity index (χ3v) is 7.00. The molecule has 1 aliphatic rings. The van der Waals surface area contributed by atoms with Crippen LogP contribution < -0.4 is 14.2 Å². The Morgan fingerprint density at radius 1 is 1.00 bits per heavy atom. The van der Waals surface area contributed by atoms with Gasteiger partial charge in [0, 0.05) is 19.2 Å². The van der Waals surface area contributed by atoms with Crippen LogP contribution in [0.25, 0.3) is 0 Å². The maximum absolute atomic E-state index is 13.0. The third kappa shape index (κ3) is 5.46. The molecule has 0 unspecified atom stereocenters. The molecule has 3 aromatic carbocycles. The topological polar surface area (TPSA) is 97.3 Å². The van der Waals surface area contributed by atoms with Crippen molar-refractivity contribution in [3.8, 4) is 11.5 Å². The highest BCUT2D eigenvalue weighted by molar-refractivity contribution is 7.90. The SMILES string of the molecule is COc1cc(CN(C)C(=O)[C@H](C)N=C2NS(=O)(=O)c3ccccc32)ccc1OCc1ccccc1. The summed E-state index contributed by atoms with van der Waals surface area (Å²) in [6.45, 7) is 2.38. The van der Waals surface area contributed by atoms with E-state index in [9.17, 15) is 13.2 Å². The molecule has 0 radical (unpaired) electrons. The predicted octanol–water partition coefficient (Wildman–Crippen LogP) is 3.36. The zero-order valence-electron chi connectivity index (χ0n) is 19.8. The lowest BCUT2D eigenvalue weighted by Gasteiger charge is -2.21. The van der Waals surface area contributed by atoms with E-state index in [2.05, 4.69) is 9.71 Å². The second-order valence-corrected chi connectivity index (χ2v) is 9.86. The van der Waals surface area contributed by atoms with Crippen molar-refractivity contribution in [3.05, 3.63) is 89.5 Å². The number of nitrogens with one attached hydrogen (secondary N) is 1. The van der Waals surface area contributed by atoms with Crippen LogP contribution in [0.3, 0.4) is 0 Å². The molecule has 0 aromatic heterocycles. The molecule has 1 atom stereocenters.